The number of rotatable bonds is 4. The summed E-state index contributed by atoms with van der Waals surface area (Å²) in [5.41, 5.74) is 2.69. The predicted molar refractivity (Wildman–Crippen MR) is 72.2 cm³/mol. The summed E-state index contributed by atoms with van der Waals surface area (Å²) in [6.45, 7) is 2.06. The van der Waals surface area contributed by atoms with Crippen molar-refractivity contribution in [3.05, 3.63) is 34.1 Å². The Kier molecular flexibility index (Phi) is 3.87. The van der Waals surface area contributed by atoms with E-state index in [0.29, 0.717) is 12.1 Å². The molecule has 6 heteroatoms. The van der Waals surface area contributed by atoms with Crippen molar-refractivity contribution in [3.63, 3.8) is 0 Å². The highest BCUT2D eigenvalue weighted by Crippen LogP contribution is 2.26. The van der Waals surface area contributed by atoms with Crippen LogP contribution in [-0.4, -0.2) is 24.4 Å². The topological polar surface area (TPSA) is 55.9 Å². The van der Waals surface area contributed by atoms with E-state index in [9.17, 15) is 5.11 Å². The molecule has 0 aromatic carbocycles. The van der Waals surface area contributed by atoms with E-state index >= 15 is 0 Å². The third-order valence-corrected chi connectivity index (χ3v) is 3.87. The van der Waals surface area contributed by atoms with Gasteiger partial charge in [0.2, 0.25) is 0 Å². The van der Waals surface area contributed by atoms with Gasteiger partial charge in [-0.05, 0) is 22.4 Å². The second-order valence-corrected chi connectivity index (χ2v) is 5.16. The fourth-order valence-corrected chi connectivity index (χ4v) is 2.71. The van der Waals surface area contributed by atoms with Gasteiger partial charge in [0.15, 0.2) is 0 Å². The van der Waals surface area contributed by atoms with E-state index in [1.807, 2.05) is 29.5 Å². The Hall–Kier alpha value is -1.14. The summed E-state index contributed by atoms with van der Waals surface area (Å²) in [4.78, 5) is 4.17. The Labute approximate surface area is 115 Å². The first kappa shape index (κ1) is 13.3. The molecule has 0 fully saturated rings. The average molecular weight is 313 g/mol. The Balaban J connectivity index is 2.21. The Morgan fingerprint density at radius 1 is 1.44 bits per heavy atom. The number of aliphatic hydroxyl groups is 1. The fourth-order valence-electron chi connectivity index (χ4n) is 1.93. The van der Waals surface area contributed by atoms with Crippen LogP contribution in [0.3, 0.4) is 0 Å². The molecule has 0 aliphatic carbocycles. The van der Waals surface area contributed by atoms with Gasteiger partial charge in [-0.1, -0.05) is 6.92 Å². The summed E-state index contributed by atoms with van der Waals surface area (Å²) in [7, 11) is 3.78. The number of aliphatic hydroxyl groups excluding tert-OH is 1. The van der Waals surface area contributed by atoms with Crippen LogP contribution in [-0.2, 0) is 26.9 Å². The maximum atomic E-state index is 10.2. The third kappa shape index (κ3) is 2.49. The van der Waals surface area contributed by atoms with Crippen molar-refractivity contribution in [2.45, 2.75) is 25.9 Å². The maximum absolute atomic E-state index is 10.2. The summed E-state index contributed by atoms with van der Waals surface area (Å²) in [6, 6.07) is 0. The largest absolute Gasteiger partial charge is 0.386 e. The molecule has 1 N–H and O–H groups in total. The lowest BCUT2D eigenvalue weighted by atomic mass is 10.1. The smallest absolute Gasteiger partial charge is 0.103 e. The molecular weight excluding hydrogens is 296 g/mol. The van der Waals surface area contributed by atoms with Gasteiger partial charge in [-0.2, -0.15) is 5.10 Å². The van der Waals surface area contributed by atoms with Gasteiger partial charge in [0.25, 0.3) is 0 Å². The van der Waals surface area contributed by atoms with E-state index in [1.54, 1.807) is 6.33 Å². The molecule has 18 heavy (non-hydrogen) atoms. The van der Waals surface area contributed by atoms with Crippen molar-refractivity contribution >= 4 is 15.9 Å². The van der Waals surface area contributed by atoms with Crippen LogP contribution in [0.5, 0.6) is 0 Å². The molecule has 0 aliphatic heterocycles. The van der Waals surface area contributed by atoms with E-state index in [-0.39, 0.29) is 0 Å². The molecule has 1 unspecified atom stereocenters. The Bertz CT molecular complexity index is 546. The summed E-state index contributed by atoms with van der Waals surface area (Å²) >= 11 is 3.55. The number of aromatic nitrogens is 4. The molecule has 2 rings (SSSR count). The van der Waals surface area contributed by atoms with E-state index in [0.717, 1.165) is 22.3 Å². The number of nitrogens with zero attached hydrogens (tertiary/aromatic N) is 4. The van der Waals surface area contributed by atoms with Crippen LogP contribution in [0.1, 0.15) is 30.1 Å². The highest BCUT2D eigenvalue weighted by molar-refractivity contribution is 9.10. The first-order valence-electron chi connectivity index (χ1n) is 5.89. The summed E-state index contributed by atoms with van der Waals surface area (Å²) in [5.74, 6) is 0. The summed E-state index contributed by atoms with van der Waals surface area (Å²) < 4.78 is 4.63. The lowest BCUT2D eigenvalue weighted by Crippen LogP contribution is -2.07. The molecule has 2 aromatic rings. The van der Waals surface area contributed by atoms with Crippen LogP contribution in [0.15, 0.2) is 17.0 Å². The zero-order valence-corrected chi connectivity index (χ0v) is 12.3. The van der Waals surface area contributed by atoms with Gasteiger partial charge < -0.3 is 9.67 Å². The molecule has 1 atom stereocenters. The quantitative estimate of drug-likeness (QED) is 0.936. The second kappa shape index (κ2) is 5.24. The van der Waals surface area contributed by atoms with E-state index in [2.05, 4.69) is 32.9 Å². The van der Waals surface area contributed by atoms with Crippen LogP contribution < -0.4 is 0 Å². The van der Waals surface area contributed by atoms with Gasteiger partial charge >= 0.3 is 0 Å². The monoisotopic (exact) mass is 312 g/mol. The molecule has 0 aliphatic rings. The lowest BCUT2D eigenvalue weighted by molar-refractivity contribution is 0.171. The van der Waals surface area contributed by atoms with Crippen LogP contribution in [0, 0.1) is 0 Å². The first-order chi connectivity index (χ1) is 8.52. The van der Waals surface area contributed by atoms with Crippen molar-refractivity contribution in [2.24, 2.45) is 14.1 Å². The van der Waals surface area contributed by atoms with Crippen LogP contribution in [0.25, 0.3) is 0 Å². The number of imidazole rings is 1. The molecule has 0 saturated carbocycles. The zero-order chi connectivity index (χ0) is 13.3. The molecule has 98 valence electrons. The van der Waals surface area contributed by atoms with E-state index < -0.39 is 6.10 Å². The van der Waals surface area contributed by atoms with E-state index in [1.165, 1.54) is 0 Å². The molecule has 0 radical (unpaired) electrons. The highest BCUT2D eigenvalue weighted by Gasteiger charge is 2.18. The average Bonchev–Trinajstić information content (AvgIpc) is 2.87. The minimum absolute atomic E-state index is 0.501. The van der Waals surface area contributed by atoms with Crippen LogP contribution in [0.4, 0.5) is 0 Å². The van der Waals surface area contributed by atoms with Crippen molar-refractivity contribution in [1.82, 2.24) is 19.3 Å². The van der Waals surface area contributed by atoms with Gasteiger partial charge in [0, 0.05) is 26.7 Å². The van der Waals surface area contributed by atoms with Crippen LogP contribution in [0.2, 0.25) is 0 Å². The molecule has 0 saturated heterocycles. The van der Waals surface area contributed by atoms with Gasteiger partial charge in [0.1, 0.15) is 6.10 Å². The summed E-state index contributed by atoms with van der Waals surface area (Å²) in [5, 5.41) is 14.6. The van der Waals surface area contributed by atoms with Gasteiger partial charge in [-0.15, -0.1) is 0 Å². The van der Waals surface area contributed by atoms with Crippen molar-refractivity contribution < 1.29 is 5.11 Å². The van der Waals surface area contributed by atoms with E-state index in [4.69, 9.17) is 0 Å². The predicted octanol–water partition coefficient (Wildman–Crippen LogP) is 1.75. The van der Waals surface area contributed by atoms with Gasteiger partial charge in [-0.25, -0.2) is 4.98 Å². The number of halogens is 1. The zero-order valence-electron chi connectivity index (χ0n) is 10.8. The second-order valence-electron chi connectivity index (χ2n) is 4.37. The van der Waals surface area contributed by atoms with Gasteiger partial charge in [-0.3, -0.25) is 4.68 Å². The van der Waals surface area contributed by atoms with Crippen molar-refractivity contribution in [2.75, 3.05) is 0 Å². The molecule has 2 heterocycles. The normalized spacial score (nSPS) is 12.9. The maximum Gasteiger partial charge on any atom is 0.103 e. The molecular formula is C12H17BrN4O. The number of hydrogen-bond acceptors (Lipinski definition) is 3. The molecule has 0 amide bonds. The summed E-state index contributed by atoms with van der Waals surface area (Å²) in [6.07, 6.45) is 4.28. The number of hydrogen-bond donors (Lipinski definition) is 1. The van der Waals surface area contributed by atoms with Crippen molar-refractivity contribution in [1.29, 1.82) is 0 Å². The molecule has 5 nitrogen and oxygen atoms in total. The minimum atomic E-state index is -0.609. The number of aryl methyl sites for hydroxylation is 3. The lowest BCUT2D eigenvalue weighted by Gasteiger charge is -2.08. The third-order valence-electron chi connectivity index (χ3n) is 2.96. The molecule has 0 bridgehead atoms. The molecule has 0 spiro atoms. The Morgan fingerprint density at radius 2 is 2.17 bits per heavy atom. The van der Waals surface area contributed by atoms with Crippen LogP contribution >= 0.6 is 15.9 Å². The fraction of sp³-hybridized carbons (Fsp3) is 0.500. The van der Waals surface area contributed by atoms with Crippen molar-refractivity contribution in [3.8, 4) is 0 Å². The SMILES string of the molecule is CCc1nn(C)c(CC(O)c2cn(C)cn2)c1Br. The Morgan fingerprint density at radius 3 is 2.67 bits per heavy atom. The first-order valence-corrected chi connectivity index (χ1v) is 6.68. The standard InChI is InChI=1S/C12H17BrN4O/c1-4-8-12(13)10(17(3)15-8)5-11(18)9-6-16(2)7-14-9/h6-7,11,18H,4-5H2,1-3H3. The highest BCUT2D eigenvalue weighted by atomic mass is 79.9. The van der Waals surface area contributed by atoms with Gasteiger partial charge in [0.05, 0.1) is 27.9 Å². The molecule has 2 aromatic heterocycles. The minimum Gasteiger partial charge on any atom is -0.386 e.